The molecule has 0 spiro atoms. The van der Waals surface area contributed by atoms with Gasteiger partial charge in [-0.15, -0.1) is 0 Å². The molecule has 1 aliphatic carbocycles. The van der Waals surface area contributed by atoms with Crippen LogP contribution in [-0.2, 0) is 4.79 Å². The molecule has 2 atom stereocenters. The monoisotopic (exact) mass is 469 g/mol. The third-order valence-electron chi connectivity index (χ3n) is 6.34. The summed E-state index contributed by atoms with van der Waals surface area (Å²) in [6.07, 6.45) is 2.07. The Morgan fingerprint density at radius 1 is 1.21 bits per heavy atom. The molecule has 0 radical (unpaired) electrons. The van der Waals surface area contributed by atoms with Crippen molar-refractivity contribution in [1.82, 2.24) is 9.97 Å². The van der Waals surface area contributed by atoms with Crippen LogP contribution in [0.3, 0.4) is 0 Å². The lowest BCUT2D eigenvalue weighted by Gasteiger charge is -2.38. The highest BCUT2D eigenvalue weighted by molar-refractivity contribution is 7.99. The molecule has 8 heteroatoms. The molecule has 0 bridgehead atoms. The van der Waals surface area contributed by atoms with E-state index >= 15 is 0 Å². The number of Topliss-reactive ketones (excluding diaryl/α,β-unsaturated/α-hetero) is 1. The van der Waals surface area contributed by atoms with Crippen molar-refractivity contribution in [2.75, 3.05) is 19.5 Å². The fourth-order valence-electron chi connectivity index (χ4n) is 4.60. The van der Waals surface area contributed by atoms with E-state index in [9.17, 15) is 9.59 Å². The molecule has 4 rings (SSSR count). The number of allylic oxidation sites excluding steroid dienone is 2. The lowest BCUT2D eigenvalue weighted by atomic mass is 9.69. The van der Waals surface area contributed by atoms with Crippen molar-refractivity contribution in [1.29, 1.82) is 0 Å². The molecule has 1 aromatic carbocycles. The van der Waals surface area contributed by atoms with Crippen LogP contribution in [0.15, 0.2) is 39.4 Å². The number of carbonyl (C=O) groups is 1. The van der Waals surface area contributed by atoms with Crippen LogP contribution in [0.1, 0.15) is 64.0 Å². The highest BCUT2D eigenvalue weighted by atomic mass is 32.2. The maximum atomic E-state index is 13.4. The van der Waals surface area contributed by atoms with Gasteiger partial charge >= 0.3 is 0 Å². The van der Waals surface area contributed by atoms with Gasteiger partial charge in [-0.05, 0) is 36.5 Å². The van der Waals surface area contributed by atoms with Crippen molar-refractivity contribution in [3.8, 4) is 11.5 Å². The number of thioether (sulfide) groups is 1. The quantitative estimate of drug-likeness (QED) is 0.460. The lowest BCUT2D eigenvalue weighted by Crippen LogP contribution is -2.37. The van der Waals surface area contributed by atoms with E-state index in [1.54, 1.807) is 20.3 Å². The van der Waals surface area contributed by atoms with Gasteiger partial charge in [-0.25, -0.2) is 4.98 Å². The highest BCUT2D eigenvalue weighted by Gasteiger charge is 2.43. The SMILES string of the molecule is CCC(C)Sc1nc2c(c(=O)[nH]1)C(c1cc(OC)ccc1OC)C1=C(CC(C)(C)CC1=O)N2. The summed E-state index contributed by atoms with van der Waals surface area (Å²) in [5, 5.41) is 4.25. The van der Waals surface area contributed by atoms with Gasteiger partial charge in [0.2, 0.25) is 0 Å². The third-order valence-corrected chi connectivity index (χ3v) is 7.49. The minimum atomic E-state index is -0.594. The number of ketones is 1. The number of aromatic nitrogens is 2. The van der Waals surface area contributed by atoms with Crippen molar-refractivity contribution in [2.45, 2.75) is 63.3 Å². The zero-order valence-corrected chi connectivity index (χ0v) is 20.8. The average Bonchev–Trinajstić information content (AvgIpc) is 2.76. The van der Waals surface area contributed by atoms with Crippen LogP contribution in [0.25, 0.3) is 0 Å². The molecular formula is C25H31N3O4S. The second kappa shape index (κ2) is 8.89. The number of hydrogen-bond donors (Lipinski definition) is 2. The molecule has 2 aliphatic rings. The first-order valence-corrected chi connectivity index (χ1v) is 12.1. The number of ether oxygens (including phenoxy) is 2. The molecule has 2 aromatic rings. The van der Waals surface area contributed by atoms with E-state index < -0.39 is 5.92 Å². The Balaban J connectivity index is 1.97. The van der Waals surface area contributed by atoms with Gasteiger partial charge in [0.15, 0.2) is 10.9 Å². The van der Waals surface area contributed by atoms with E-state index in [1.165, 1.54) is 11.8 Å². The van der Waals surface area contributed by atoms with Gasteiger partial charge < -0.3 is 19.8 Å². The molecule has 0 fully saturated rings. The van der Waals surface area contributed by atoms with E-state index in [4.69, 9.17) is 14.5 Å². The predicted molar refractivity (Wildman–Crippen MR) is 131 cm³/mol. The second-order valence-corrected chi connectivity index (χ2v) is 10.9. The van der Waals surface area contributed by atoms with Gasteiger partial charge in [0, 0.05) is 28.5 Å². The first kappa shape index (κ1) is 23.4. The molecule has 1 aliphatic heterocycles. The summed E-state index contributed by atoms with van der Waals surface area (Å²) < 4.78 is 11.1. The molecule has 176 valence electrons. The van der Waals surface area contributed by atoms with E-state index in [1.807, 2.05) is 12.1 Å². The number of aromatic amines is 1. The van der Waals surface area contributed by atoms with Gasteiger partial charge in [-0.3, -0.25) is 9.59 Å². The van der Waals surface area contributed by atoms with Crippen LogP contribution in [-0.4, -0.2) is 35.2 Å². The standard InChI is InChI=1S/C25H31N3O4S/c1-7-13(2)33-24-27-22-21(23(30)28-24)19(15-10-14(31-5)8-9-18(15)32-6)20-16(26-22)11-25(3,4)12-17(20)29/h8-10,13,19H,7,11-12H2,1-6H3,(H2,26,27,28,30). The van der Waals surface area contributed by atoms with Gasteiger partial charge in [0.05, 0.1) is 25.7 Å². The minimum Gasteiger partial charge on any atom is -0.497 e. The minimum absolute atomic E-state index is 0.0340. The molecular weight excluding hydrogens is 438 g/mol. The topological polar surface area (TPSA) is 93.3 Å². The second-order valence-electron chi connectivity index (χ2n) is 9.47. The van der Waals surface area contributed by atoms with E-state index in [2.05, 4.69) is 38.0 Å². The number of H-pyrrole nitrogens is 1. The molecule has 33 heavy (non-hydrogen) atoms. The Morgan fingerprint density at radius 2 is 1.97 bits per heavy atom. The summed E-state index contributed by atoms with van der Waals surface area (Å²) in [5.41, 5.74) is 2.16. The third kappa shape index (κ3) is 4.40. The summed E-state index contributed by atoms with van der Waals surface area (Å²) in [6, 6.07) is 5.46. The Morgan fingerprint density at radius 3 is 2.64 bits per heavy atom. The Bertz CT molecular complexity index is 1180. The summed E-state index contributed by atoms with van der Waals surface area (Å²) in [4.78, 5) is 34.6. The highest BCUT2D eigenvalue weighted by Crippen LogP contribution is 2.49. The maximum absolute atomic E-state index is 13.4. The Kier molecular flexibility index (Phi) is 6.31. The molecule has 0 saturated carbocycles. The van der Waals surface area contributed by atoms with Crippen LogP contribution in [0.2, 0.25) is 0 Å². The molecule has 0 saturated heterocycles. The summed E-state index contributed by atoms with van der Waals surface area (Å²) in [6.45, 7) is 8.37. The first-order chi connectivity index (χ1) is 15.7. The summed E-state index contributed by atoms with van der Waals surface area (Å²) >= 11 is 1.54. The summed E-state index contributed by atoms with van der Waals surface area (Å²) in [5.74, 6) is 1.17. The van der Waals surface area contributed by atoms with E-state index in [0.717, 1.165) is 17.7 Å². The average molecular weight is 470 g/mol. The fraction of sp³-hybridized carbons (Fsp3) is 0.480. The molecule has 7 nitrogen and oxygen atoms in total. The molecule has 1 aromatic heterocycles. The van der Waals surface area contributed by atoms with Gasteiger partial charge in [-0.2, -0.15) is 0 Å². The van der Waals surface area contributed by atoms with Crippen molar-refractivity contribution < 1.29 is 14.3 Å². The van der Waals surface area contributed by atoms with E-state index in [-0.39, 0.29) is 16.8 Å². The first-order valence-electron chi connectivity index (χ1n) is 11.2. The van der Waals surface area contributed by atoms with Gasteiger partial charge in [0.1, 0.15) is 17.3 Å². The number of rotatable bonds is 6. The lowest BCUT2D eigenvalue weighted by molar-refractivity contribution is -0.118. The molecule has 2 N–H and O–H groups in total. The van der Waals surface area contributed by atoms with Crippen LogP contribution in [0.4, 0.5) is 5.82 Å². The van der Waals surface area contributed by atoms with Crippen molar-refractivity contribution in [3.63, 3.8) is 0 Å². The van der Waals surface area contributed by atoms with Crippen LogP contribution < -0.4 is 20.3 Å². The van der Waals surface area contributed by atoms with Crippen LogP contribution >= 0.6 is 11.8 Å². The smallest absolute Gasteiger partial charge is 0.257 e. The van der Waals surface area contributed by atoms with Crippen molar-refractivity contribution >= 4 is 23.4 Å². The van der Waals surface area contributed by atoms with Gasteiger partial charge in [-0.1, -0.05) is 39.5 Å². The van der Waals surface area contributed by atoms with Crippen molar-refractivity contribution in [3.05, 3.63) is 50.9 Å². The number of fused-ring (bicyclic) bond motifs is 1. The van der Waals surface area contributed by atoms with Crippen LogP contribution in [0, 0.1) is 5.41 Å². The number of nitrogens with one attached hydrogen (secondary N) is 2. The number of benzene rings is 1. The number of methoxy groups -OCH3 is 2. The fourth-order valence-corrected chi connectivity index (χ4v) is 5.44. The zero-order valence-electron chi connectivity index (χ0n) is 20.0. The summed E-state index contributed by atoms with van der Waals surface area (Å²) in [7, 11) is 3.18. The van der Waals surface area contributed by atoms with E-state index in [0.29, 0.717) is 51.7 Å². The molecule has 0 amide bonds. The molecule has 2 unspecified atom stereocenters. The Hall–Kier alpha value is -2.74. The Labute approximate surface area is 198 Å². The number of hydrogen-bond acceptors (Lipinski definition) is 7. The predicted octanol–water partition coefficient (Wildman–Crippen LogP) is 4.88. The number of nitrogens with zero attached hydrogens (tertiary/aromatic N) is 1. The number of carbonyl (C=O) groups excluding carboxylic acids is 1. The normalized spacial score (nSPS) is 19.9. The largest absolute Gasteiger partial charge is 0.497 e. The molecule has 2 heterocycles. The zero-order chi connectivity index (χ0) is 23.9. The van der Waals surface area contributed by atoms with Crippen LogP contribution in [0.5, 0.6) is 11.5 Å². The van der Waals surface area contributed by atoms with Gasteiger partial charge in [0.25, 0.3) is 5.56 Å². The van der Waals surface area contributed by atoms with Crippen molar-refractivity contribution in [2.24, 2.45) is 5.41 Å². The maximum Gasteiger partial charge on any atom is 0.257 e. The number of anilines is 1.